The van der Waals surface area contributed by atoms with Crippen molar-refractivity contribution < 1.29 is 19.2 Å². The molecule has 2 aromatic carbocycles. The molecule has 0 unspecified atom stereocenters. The second kappa shape index (κ2) is 7.75. The first kappa shape index (κ1) is 18.8. The first-order valence-electron chi connectivity index (χ1n) is 7.50. The van der Waals surface area contributed by atoms with Crippen LogP contribution in [0.3, 0.4) is 0 Å². The van der Waals surface area contributed by atoms with E-state index < -0.39 is 0 Å². The number of hydrogen-bond donors (Lipinski definition) is 0. The zero-order chi connectivity index (χ0) is 18.8. The van der Waals surface area contributed by atoms with Crippen molar-refractivity contribution in [2.24, 2.45) is 0 Å². The van der Waals surface area contributed by atoms with E-state index in [0.717, 1.165) is 7.14 Å². The molecule has 2 aliphatic carbocycles. The summed E-state index contributed by atoms with van der Waals surface area (Å²) in [5, 5.41) is 0. The number of fused-ring (bicyclic) bond motifs is 2. The van der Waals surface area contributed by atoms with Crippen molar-refractivity contribution >= 4 is 68.3 Å². The summed E-state index contributed by atoms with van der Waals surface area (Å²) < 4.78 is 1.66. The van der Waals surface area contributed by atoms with Crippen LogP contribution in [0, 0.1) is 7.14 Å². The van der Waals surface area contributed by atoms with E-state index in [1.54, 1.807) is 24.3 Å². The number of halogens is 2. The minimum absolute atomic E-state index is 0.0837. The van der Waals surface area contributed by atoms with Gasteiger partial charge >= 0.3 is 0 Å². The minimum Gasteiger partial charge on any atom is -0.289 e. The van der Waals surface area contributed by atoms with Gasteiger partial charge in [-0.3, -0.25) is 19.2 Å². The number of hydrogen-bond acceptors (Lipinski definition) is 4. The summed E-state index contributed by atoms with van der Waals surface area (Å²) in [6, 6.07) is 10.6. The molecular formula is C20H10I2O4. The maximum Gasteiger partial charge on any atom is 0.187 e. The third-order valence-corrected chi connectivity index (χ3v) is 5.62. The predicted octanol–water partition coefficient (Wildman–Crippen LogP) is 4.45. The van der Waals surface area contributed by atoms with Gasteiger partial charge in [0.25, 0.3) is 0 Å². The quantitative estimate of drug-likeness (QED) is 0.441. The number of benzene rings is 2. The molecule has 0 aromatic heterocycles. The highest BCUT2D eigenvalue weighted by Gasteiger charge is 2.21. The minimum atomic E-state index is -0.0897. The van der Waals surface area contributed by atoms with E-state index >= 15 is 0 Å². The van der Waals surface area contributed by atoms with E-state index in [9.17, 15) is 19.2 Å². The van der Waals surface area contributed by atoms with Crippen molar-refractivity contribution in [3.8, 4) is 0 Å². The largest absolute Gasteiger partial charge is 0.289 e. The van der Waals surface area contributed by atoms with Gasteiger partial charge in [-0.1, -0.05) is 24.3 Å². The Kier molecular flexibility index (Phi) is 5.61. The van der Waals surface area contributed by atoms with Crippen molar-refractivity contribution in [2.45, 2.75) is 0 Å². The van der Waals surface area contributed by atoms with E-state index in [1.807, 2.05) is 12.1 Å². The molecule has 4 rings (SSSR count). The number of carbonyl (C=O) groups is 4. The Morgan fingerprint density at radius 1 is 0.500 bits per heavy atom. The van der Waals surface area contributed by atoms with Crippen LogP contribution in [0.25, 0.3) is 0 Å². The van der Waals surface area contributed by atoms with Crippen LogP contribution in [0.4, 0.5) is 0 Å². The van der Waals surface area contributed by atoms with Crippen LogP contribution in [0.2, 0.25) is 0 Å². The summed E-state index contributed by atoms with van der Waals surface area (Å²) in [6.07, 6.45) is 5.29. The molecule has 0 radical (unpaired) electrons. The van der Waals surface area contributed by atoms with Gasteiger partial charge in [0.15, 0.2) is 23.1 Å². The first-order valence-corrected chi connectivity index (χ1v) is 9.66. The Morgan fingerprint density at radius 2 is 0.846 bits per heavy atom. The van der Waals surface area contributed by atoms with Crippen molar-refractivity contribution in [1.29, 1.82) is 0 Å². The molecule has 2 aromatic rings. The Bertz CT molecular complexity index is 949. The van der Waals surface area contributed by atoms with Gasteiger partial charge in [-0.15, -0.1) is 0 Å². The standard InChI is InChI=1S/2C10H5IO2/c2*11-7-3-1-2-6-8(12)4-5-9(13)10(6)7/h2*1-5H. The Morgan fingerprint density at radius 3 is 1.19 bits per heavy atom. The molecular weight excluding hydrogens is 558 g/mol. The lowest BCUT2D eigenvalue weighted by atomic mass is 9.95. The van der Waals surface area contributed by atoms with Gasteiger partial charge in [0.1, 0.15) is 0 Å². The summed E-state index contributed by atoms with van der Waals surface area (Å²) >= 11 is 4.12. The fraction of sp³-hybridized carbons (Fsp3) is 0. The van der Waals surface area contributed by atoms with Crippen LogP contribution in [0.15, 0.2) is 60.7 Å². The molecule has 0 saturated carbocycles. The SMILES string of the molecule is O=C1C=CC(=O)c2c(I)cccc21.O=C1C=CC(=O)c2c(I)cccc21. The predicted molar refractivity (Wildman–Crippen MR) is 114 cm³/mol. The van der Waals surface area contributed by atoms with E-state index in [1.165, 1.54) is 24.3 Å². The van der Waals surface area contributed by atoms with Gasteiger partial charge in [0.2, 0.25) is 0 Å². The molecule has 0 saturated heterocycles. The monoisotopic (exact) mass is 568 g/mol. The molecule has 0 atom stereocenters. The maximum atomic E-state index is 11.4. The lowest BCUT2D eigenvalue weighted by molar-refractivity contribution is 0.0993. The highest BCUT2D eigenvalue weighted by Crippen LogP contribution is 2.23. The van der Waals surface area contributed by atoms with Crippen molar-refractivity contribution in [1.82, 2.24) is 0 Å². The summed E-state index contributed by atoms with van der Waals surface area (Å²) in [7, 11) is 0. The van der Waals surface area contributed by atoms with Crippen molar-refractivity contribution in [3.05, 3.63) is 90.1 Å². The Hall–Kier alpha value is -1.94. The average molecular weight is 568 g/mol. The van der Waals surface area contributed by atoms with E-state index in [0.29, 0.717) is 22.3 Å². The van der Waals surface area contributed by atoms with E-state index in [-0.39, 0.29) is 23.1 Å². The zero-order valence-electron chi connectivity index (χ0n) is 13.2. The highest BCUT2D eigenvalue weighted by molar-refractivity contribution is 14.1. The summed E-state index contributed by atoms with van der Waals surface area (Å²) in [5.41, 5.74) is 2.10. The van der Waals surface area contributed by atoms with E-state index in [4.69, 9.17) is 0 Å². The molecule has 0 fully saturated rings. The summed E-state index contributed by atoms with van der Waals surface area (Å²) in [6.45, 7) is 0. The molecule has 0 N–H and O–H groups in total. The molecule has 4 nitrogen and oxygen atoms in total. The Labute approximate surface area is 176 Å². The van der Waals surface area contributed by atoms with Crippen LogP contribution < -0.4 is 0 Å². The molecule has 0 amide bonds. The highest BCUT2D eigenvalue weighted by atomic mass is 127. The number of allylic oxidation sites excluding steroid dienone is 4. The maximum absolute atomic E-state index is 11.4. The molecule has 0 bridgehead atoms. The number of rotatable bonds is 0. The molecule has 0 spiro atoms. The Balaban J connectivity index is 0.000000151. The fourth-order valence-electron chi connectivity index (χ4n) is 2.61. The lowest BCUT2D eigenvalue weighted by Crippen LogP contribution is -2.12. The van der Waals surface area contributed by atoms with Crippen LogP contribution >= 0.6 is 45.2 Å². The summed E-state index contributed by atoms with van der Waals surface area (Å²) in [5.74, 6) is -0.347. The van der Waals surface area contributed by atoms with Crippen LogP contribution in [0.1, 0.15) is 41.4 Å². The van der Waals surface area contributed by atoms with Crippen LogP contribution in [-0.4, -0.2) is 23.1 Å². The smallest absolute Gasteiger partial charge is 0.187 e. The van der Waals surface area contributed by atoms with Crippen molar-refractivity contribution in [2.75, 3.05) is 0 Å². The third-order valence-electron chi connectivity index (χ3n) is 3.82. The van der Waals surface area contributed by atoms with E-state index in [2.05, 4.69) is 45.2 Å². The first-order chi connectivity index (χ1) is 12.4. The van der Waals surface area contributed by atoms with Gasteiger partial charge in [-0.2, -0.15) is 0 Å². The van der Waals surface area contributed by atoms with Crippen LogP contribution in [0.5, 0.6) is 0 Å². The fourth-order valence-corrected chi connectivity index (χ4v) is 4.14. The zero-order valence-corrected chi connectivity index (χ0v) is 17.5. The second-order valence-electron chi connectivity index (χ2n) is 5.45. The average Bonchev–Trinajstić information content (AvgIpc) is 2.62. The third kappa shape index (κ3) is 3.61. The topological polar surface area (TPSA) is 68.3 Å². The summed E-state index contributed by atoms with van der Waals surface area (Å²) in [4.78, 5) is 45.5. The van der Waals surface area contributed by atoms with Gasteiger partial charge in [0, 0.05) is 29.4 Å². The van der Waals surface area contributed by atoms with Crippen molar-refractivity contribution in [3.63, 3.8) is 0 Å². The molecule has 2 aliphatic rings. The molecule has 26 heavy (non-hydrogen) atoms. The van der Waals surface area contributed by atoms with Gasteiger partial charge < -0.3 is 0 Å². The lowest BCUT2D eigenvalue weighted by Gasteiger charge is -2.09. The molecule has 0 aliphatic heterocycles. The normalized spacial score (nSPS) is 14.5. The number of ketones is 4. The van der Waals surface area contributed by atoms with Gasteiger partial charge in [-0.25, -0.2) is 0 Å². The van der Waals surface area contributed by atoms with Gasteiger partial charge in [0.05, 0.1) is 0 Å². The van der Waals surface area contributed by atoms with Crippen LogP contribution in [-0.2, 0) is 0 Å². The molecule has 128 valence electrons. The van der Waals surface area contributed by atoms with Gasteiger partial charge in [-0.05, 0) is 81.6 Å². The molecule has 6 heteroatoms. The number of carbonyl (C=O) groups excluding carboxylic acids is 4. The molecule has 0 heterocycles. The second-order valence-corrected chi connectivity index (χ2v) is 7.77.